The Morgan fingerprint density at radius 1 is 0.977 bits per heavy atom. The van der Waals surface area contributed by atoms with E-state index in [0.717, 1.165) is 16.4 Å². The molecule has 3 atom stereocenters. The Morgan fingerprint density at radius 2 is 1.53 bits per heavy atom. The first-order valence-corrected chi connectivity index (χ1v) is 16.6. The Balaban J connectivity index is 1.87. The van der Waals surface area contributed by atoms with Crippen molar-refractivity contribution in [2.24, 2.45) is 0 Å². The maximum Gasteiger partial charge on any atom is 0.218 e. The molecule has 4 aromatic rings. The zero-order valence-corrected chi connectivity index (χ0v) is 26.1. The maximum atomic E-state index is 16.0. The molecule has 1 N–H and O–H groups in total. The average Bonchev–Trinajstić information content (AvgIpc) is 2.98. The van der Waals surface area contributed by atoms with Gasteiger partial charge in [0, 0.05) is 31.0 Å². The number of halogens is 2. The highest BCUT2D eigenvalue weighted by Crippen LogP contribution is 2.47. The molecule has 9 heteroatoms. The second-order valence-corrected chi connectivity index (χ2v) is 17.1. The van der Waals surface area contributed by atoms with Crippen LogP contribution in [0.3, 0.4) is 0 Å². The van der Waals surface area contributed by atoms with Gasteiger partial charge < -0.3 is 14.7 Å². The highest BCUT2D eigenvalue weighted by atomic mass is 28.3. The lowest BCUT2D eigenvalue weighted by Gasteiger charge is -2.48. The van der Waals surface area contributed by atoms with Gasteiger partial charge in [-0.15, -0.1) is 0 Å². The van der Waals surface area contributed by atoms with E-state index in [0.29, 0.717) is 13.1 Å². The minimum atomic E-state index is -3.33. The zero-order valence-electron chi connectivity index (χ0n) is 25.1. The van der Waals surface area contributed by atoms with Crippen LogP contribution in [0.5, 0.6) is 0 Å². The first kappa shape index (κ1) is 30.7. The lowest BCUT2D eigenvalue weighted by atomic mass is 9.98. The molecule has 2 heterocycles. The monoisotopic (exact) mass is 601 g/mol. The number of hydrogen-bond acceptors (Lipinski definition) is 6. The molecule has 0 spiro atoms. The van der Waals surface area contributed by atoms with Crippen LogP contribution >= 0.6 is 0 Å². The fourth-order valence-electron chi connectivity index (χ4n) is 6.69. The average molecular weight is 602 g/mol. The van der Waals surface area contributed by atoms with Crippen molar-refractivity contribution in [3.63, 3.8) is 0 Å². The van der Waals surface area contributed by atoms with Crippen molar-refractivity contribution in [1.29, 1.82) is 0 Å². The van der Waals surface area contributed by atoms with Gasteiger partial charge in [-0.2, -0.15) is 0 Å². The van der Waals surface area contributed by atoms with Gasteiger partial charge in [-0.25, -0.2) is 13.8 Å². The van der Waals surface area contributed by atoms with Gasteiger partial charge in [-0.1, -0.05) is 91.8 Å². The number of ether oxygens (including phenoxy) is 1. The molecule has 0 radical (unpaired) electrons. The van der Waals surface area contributed by atoms with Crippen molar-refractivity contribution in [2.45, 2.75) is 57.6 Å². The van der Waals surface area contributed by atoms with Crippen LogP contribution in [-0.4, -0.2) is 54.2 Å². The van der Waals surface area contributed by atoms with E-state index in [9.17, 15) is 9.90 Å². The first-order valence-electron chi connectivity index (χ1n) is 14.5. The third-order valence-corrected chi connectivity index (χ3v) is 14.3. The number of carbonyl (C=O) groups is 1. The molecule has 0 aliphatic carbocycles. The van der Waals surface area contributed by atoms with Gasteiger partial charge >= 0.3 is 0 Å². The Labute approximate surface area is 252 Å². The van der Waals surface area contributed by atoms with Crippen LogP contribution in [0.15, 0.2) is 85.3 Å². The molecule has 0 saturated carbocycles. The molecule has 1 unspecified atom stereocenters. The highest BCUT2D eigenvalue weighted by molar-refractivity contribution is 7.04. The van der Waals surface area contributed by atoms with Gasteiger partial charge in [-0.05, 0) is 25.0 Å². The van der Waals surface area contributed by atoms with Crippen LogP contribution in [0, 0.1) is 11.6 Å². The number of aromatic nitrogens is 2. The number of ketones is 1. The van der Waals surface area contributed by atoms with E-state index >= 15 is 8.78 Å². The molecule has 43 heavy (non-hydrogen) atoms. The van der Waals surface area contributed by atoms with Crippen LogP contribution in [0.4, 0.5) is 14.5 Å². The fraction of sp³-hybridized carbons (Fsp3) is 0.324. The smallest absolute Gasteiger partial charge is 0.218 e. The van der Waals surface area contributed by atoms with Crippen molar-refractivity contribution < 1.29 is 23.4 Å². The Kier molecular flexibility index (Phi) is 8.60. The van der Waals surface area contributed by atoms with E-state index in [1.165, 1.54) is 18.6 Å². The number of carbonyl (C=O) groups excluding carboxylic acids is 1. The van der Waals surface area contributed by atoms with E-state index < -0.39 is 41.8 Å². The minimum absolute atomic E-state index is 0.117. The number of hydrogen-bond donors (Lipinski definition) is 1. The Morgan fingerprint density at radius 3 is 2.02 bits per heavy atom. The summed E-state index contributed by atoms with van der Waals surface area (Å²) in [5.41, 5.74) is -1.52. The molecule has 1 aromatic heterocycles. The molecule has 0 amide bonds. The van der Waals surface area contributed by atoms with Crippen molar-refractivity contribution in [3.8, 4) is 0 Å². The molecule has 5 rings (SSSR count). The summed E-state index contributed by atoms with van der Waals surface area (Å²) in [5.74, 6) is -3.30. The van der Waals surface area contributed by atoms with Crippen LogP contribution < -0.4 is 15.3 Å². The Bertz CT molecular complexity index is 1530. The lowest BCUT2D eigenvalue weighted by molar-refractivity contribution is -0.00541. The molecule has 1 fully saturated rings. The fourth-order valence-corrected chi connectivity index (χ4v) is 12.3. The van der Waals surface area contributed by atoms with Crippen LogP contribution in [0.1, 0.15) is 62.0 Å². The van der Waals surface area contributed by atoms with Crippen LogP contribution in [-0.2, 0) is 4.74 Å². The van der Waals surface area contributed by atoms with Crippen molar-refractivity contribution in [1.82, 2.24) is 9.97 Å². The second-order valence-electron chi connectivity index (χ2n) is 12.3. The van der Waals surface area contributed by atoms with Crippen molar-refractivity contribution in [3.05, 3.63) is 114 Å². The summed E-state index contributed by atoms with van der Waals surface area (Å²) in [6, 6.07) is 20.6. The van der Waals surface area contributed by atoms with Gasteiger partial charge in [-0.3, -0.25) is 9.78 Å². The number of benzene rings is 3. The van der Waals surface area contributed by atoms with E-state index in [4.69, 9.17) is 4.74 Å². The molecule has 3 aromatic carbocycles. The SMILES string of the molecule is C[C@@H]1CN(c2c(C(O)[Si](c3ccccc3)(c3ccccc3)C(C)(C)C)cc(F)c(F)c2C(=O)c2cnccn2)C[C@H](C)O1. The summed E-state index contributed by atoms with van der Waals surface area (Å²) in [6.45, 7) is 10.6. The minimum Gasteiger partial charge on any atom is -0.391 e. The number of anilines is 1. The quantitative estimate of drug-likeness (QED) is 0.231. The lowest BCUT2D eigenvalue weighted by Crippen LogP contribution is -2.68. The van der Waals surface area contributed by atoms with E-state index in [-0.39, 0.29) is 29.2 Å². The molecule has 1 aliphatic rings. The van der Waals surface area contributed by atoms with E-state index in [1.54, 1.807) is 0 Å². The van der Waals surface area contributed by atoms with Gasteiger partial charge in [0.2, 0.25) is 5.78 Å². The molecular weight excluding hydrogens is 564 g/mol. The summed E-state index contributed by atoms with van der Waals surface area (Å²) < 4.78 is 37.7. The molecular formula is C34H37F2N3O3Si. The topological polar surface area (TPSA) is 75.5 Å². The second kappa shape index (κ2) is 12.1. The first-order chi connectivity index (χ1) is 20.5. The largest absolute Gasteiger partial charge is 0.391 e. The van der Waals surface area contributed by atoms with Crippen molar-refractivity contribution in [2.75, 3.05) is 18.0 Å². The number of rotatable bonds is 7. The van der Waals surface area contributed by atoms with Gasteiger partial charge in [0.15, 0.2) is 19.7 Å². The molecule has 6 nitrogen and oxygen atoms in total. The molecule has 224 valence electrons. The standard InChI is InChI=1S/C34H37F2N3O3Si/c1-22-20-39(21-23(2)42-22)31-26(18-27(35)30(36)29(31)32(40)28-19-37-16-17-38-28)33(41)43(34(3,4)5,24-12-8-6-9-13-24)25-14-10-7-11-15-25/h6-19,22-23,33,41H,20-21H2,1-5H3/t22-,23+,33?. The van der Waals surface area contributed by atoms with E-state index in [1.807, 2.05) is 79.4 Å². The van der Waals surface area contributed by atoms with E-state index in [2.05, 4.69) is 30.7 Å². The summed E-state index contributed by atoms with van der Waals surface area (Å²) in [5, 5.41) is 14.2. The van der Waals surface area contributed by atoms with Gasteiger partial charge in [0.05, 0.1) is 35.4 Å². The number of nitrogens with zero attached hydrogens (tertiary/aromatic N) is 3. The summed E-state index contributed by atoms with van der Waals surface area (Å²) in [7, 11) is -3.33. The summed E-state index contributed by atoms with van der Waals surface area (Å²) >= 11 is 0. The zero-order chi connectivity index (χ0) is 30.9. The third kappa shape index (κ3) is 5.53. The highest BCUT2D eigenvalue weighted by Gasteiger charge is 2.55. The number of aliphatic hydroxyl groups is 1. The number of aliphatic hydroxyl groups excluding tert-OH is 1. The number of morpholine rings is 1. The predicted octanol–water partition coefficient (Wildman–Crippen LogP) is 5.24. The van der Waals surface area contributed by atoms with Crippen LogP contribution in [0.25, 0.3) is 0 Å². The maximum absolute atomic E-state index is 16.0. The normalized spacial score (nSPS) is 18.4. The third-order valence-electron chi connectivity index (χ3n) is 8.33. The summed E-state index contributed by atoms with van der Waals surface area (Å²) in [4.78, 5) is 23.9. The molecule has 1 aliphatic heterocycles. The molecule has 1 saturated heterocycles. The molecule has 0 bridgehead atoms. The van der Waals surface area contributed by atoms with Crippen molar-refractivity contribution >= 4 is 29.9 Å². The predicted molar refractivity (Wildman–Crippen MR) is 167 cm³/mol. The summed E-state index contributed by atoms with van der Waals surface area (Å²) in [6.07, 6.45) is 3.46. The Hall–Kier alpha value is -3.79. The van der Waals surface area contributed by atoms with Crippen LogP contribution in [0.2, 0.25) is 5.04 Å². The van der Waals surface area contributed by atoms with Gasteiger partial charge in [0.1, 0.15) is 5.69 Å². The van der Waals surface area contributed by atoms with Gasteiger partial charge in [0.25, 0.3) is 0 Å².